The molecule has 0 unspecified atom stereocenters. The Labute approximate surface area is 138 Å². The third-order valence-electron chi connectivity index (χ3n) is 4.00. The molecule has 0 radical (unpaired) electrons. The summed E-state index contributed by atoms with van der Waals surface area (Å²) in [6.45, 7) is 4.53. The zero-order chi connectivity index (χ0) is 16.9. The molecule has 1 heterocycles. The van der Waals surface area contributed by atoms with E-state index in [-0.39, 0.29) is 10.8 Å². The summed E-state index contributed by atoms with van der Waals surface area (Å²) < 4.78 is 26.7. The number of amides is 1. The molecule has 0 aromatic heterocycles. The molecule has 0 aliphatic carbocycles. The zero-order valence-electron chi connectivity index (χ0n) is 13.8. The number of carbonyl (C=O) groups is 1. The Bertz CT molecular complexity index is 620. The van der Waals surface area contributed by atoms with Crippen LogP contribution < -0.4 is 5.32 Å². The number of unbranched alkanes of at least 4 members (excludes halogenated alkanes) is 1. The van der Waals surface area contributed by atoms with Crippen LogP contribution in [0.1, 0.15) is 26.2 Å². The van der Waals surface area contributed by atoms with E-state index in [1.54, 1.807) is 24.3 Å². The molecule has 1 saturated heterocycles. The smallest absolute Gasteiger partial charge is 0.243 e. The van der Waals surface area contributed by atoms with E-state index in [0.717, 1.165) is 25.9 Å². The number of rotatable bonds is 6. The molecule has 2 rings (SSSR count). The standard InChI is InChI=1S/C16H25N3O3S/c1-3-4-5-16(20)17-14-6-8-15(9-7-14)23(21,22)19-12-10-18(2)11-13-19/h6-9H,3-5,10-13H2,1-2H3,(H,17,20). The molecule has 1 aromatic carbocycles. The lowest BCUT2D eigenvalue weighted by Gasteiger charge is -2.31. The highest BCUT2D eigenvalue weighted by Gasteiger charge is 2.27. The summed E-state index contributed by atoms with van der Waals surface area (Å²) in [6.07, 6.45) is 2.30. The summed E-state index contributed by atoms with van der Waals surface area (Å²) >= 11 is 0. The van der Waals surface area contributed by atoms with Crippen molar-refractivity contribution in [3.63, 3.8) is 0 Å². The van der Waals surface area contributed by atoms with Gasteiger partial charge in [-0.2, -0.15) is 4.31 Å². The van der Waals surface area contributed by atoms with E-state index in [1.165, 1.54) is 4.31 Å². The lowest BCUT2D eigenvalue weighted by atomic mass is 10.2. The first-order valence-corrected chi connectivity index (χ1v) is 9.46. The second kappa shape index (κ2) is 7.90. The highest BCUT2D eigenvalue weighted by molar-refractivity contribution is 7.89. The van der Waals surface area contributed by atoms with Gasteiger partial charge >= 0.3 is 0 Å². The molecule has 1 fully saturated rings. The first kappa shape index (κ1) is 17.9. The molecular formula is C16H25N3O3S. The maximum atomic E-state index is 12.6. The molecule has 23 heavy (non-hydrogen) atoms. The molecule has 0 bridgehead atoms. The Kier molecular flexibility index (Phi) is 6.15. The third-order valence-corrected chi connectivity index (χ3v) is 5.91. The predicted octanol–water partition coefficient (Wildman–Crippen LogP) is 1.75. The van der Waals surface area contributed by atoms with Crippen molar-refractivity contribution in [1.82, 2.24) is 9.21 Å². The molecule has 0 saturated carbocycles. The van der Waals surface area contributed by atoms with E-state index in [4.69, 9.17) is 0 Å². The van der Waals surface area contributed by atoms with Crippen LogP contribution in [-0.4, -0.2) is 56.8 Å². The number of nitrogens with zero attached hydrogens (tertiary/aromatic N) is 2. The lowest BCUT2D eigenvalue weighted by Crippen LogP contribution is -2.46. The molecule has 6 nitrogen and oxygen atoms in total. The van der Waals surface area contributed by atoms with Gasteiger partial charge in [-0.25, -0.2) is 8.42 Å². The SMILES string of the molecule is CCCCC(=O)Nc1ccc(S(=O)(=O)N2CCN(C)CC2)cc1. The normalized spacial score (nSPS) is 17.1. The molecule has 128 valence electrons. The summed E-state index contributed by atoms with van der Waals surface area (Å²) in [5.41, 5.74) is 0.628. The quantitative estimate of drug-likeness (QED) is 0.857. The van der Waals surface area contributed by atoms with Crippen molar-refractivity contribution < 1.29 is 13.2 Å². The minimum Gasteiger partial charge on any atom is -0.326 e. The fourth-order valence-electron chi connectivity index (χ4n) is 2.45. The second-order valence-corrected chi connectivity index (χ2v) is 7.82. The minimum atomic E-state index is -3.45. The average Bonchev–Trinajstić information content (AvgIpc) is 2.54. The number of piperazine rings is 1. The lowest BCUT2D eigenvalue weighted by molar-refractivity contribution is -0.116. The third kappa shape index (κ3) is 4.76. The van der Waals surface area contributed by atoms with Gasteiger partial charge in [0.05, 0.1) is 4.90 Å². The van der Waals surface area contributed by atoms with Crippen LogP contribution in [0.3, 0.4) is 0 Å². The van der Waals surface area contributed by atoms with Gasteiger partial charge in [0.2, 0.25) is 15.9 Å². The predicted molar refractivity (Wildman–Crippen MR) is 90.9 cm³/mol. The fraction of sp³-hybridized carbons (Fsp3) is 0.562. The van der Waals surface area contributed by atoms with Crippen LogP contribution in [0.25, 0.3) is 0 Å². The number of carbonyl (C=O) groups excluding carboxylic acids is 1. The number of benzene rings is 1. The highest BCUT2D eigenvalue weighted by Crippen LogP contribution is 2.19. The van der Waals surface area contributed by atoms with Gasteiger partial charge in [-0.05, 0) is 37.7 Å². The topological polar surface area (TPSA) is 69.7 Å². The van der Waals surface area contributed by atoms with Crippen molar-refractivity contribution in [2.75, 3.05) is 38.5 Å². The van der Waals surface area contributed by atoms with Crippen molar-refractivity contribution in [3.05, 3.63) is 24.3 Å². The Balaban J connectivity index is 2.02. The van der Waals surface area contributed by atoms with Gasteiger partial charge in [-0.15, -0.1) is 0 Å². The van der Waals surface area contributed by atoms with Crippen LogP contribution in [0, 0.1) is 0 Å². The first-order valence-electron chi connectivity index (χ1n) is 8.02. The Morgan fingerprint density at radius 2 is 1.74 bits per heavy atom. The summed E-state index contributed by atoms with van der Waals surface area (Å²) in [6, 6.07) is 6.41. The van der Waals surface area contributed by atoms with Crippen LogP contribution >= 0.6 is 0 Å². The zero-order valence-corrected chi connectivity index (χ0v) is 14.6. The van der Waals surface area contributed by atoms with Crippen LogP contribution in [0.4, 0.5) is 5.69 Å². The molecule has 1 N–H and O–H groups in total. The first-order chi connectivity index (χ1) is 10.9. The summed E-state index contributed by atoms with van der Waals surface area (Å²) in [5, 5.41) is 2.79. The Hall–Kier alpha value is -1.44. The second-order valence-electron chi connectivity index (χ2n) is 5.88. The molecule has 1 amide bonds. The maximum Gasteiger partial charge on any atom is 0.243 e. The van der Waals surface area contributed by atoms with Crippen molar-refractivity contribution in [3.8, 4) is 0 Å². The van der Waals surface area contributed by atoms with Crippen molar-refractivity contribution in [1.29, 1.82) is 0 Å². The van der Waals surface area contributed by atoms with Crippen molar-refractivity contribution in [2.24, 2.45) is 0 Å². The van der Waals surface area contributed by atoms with Crippen LogP contribution in [0.5, 0.6) is 0 Å². The van der Waals surface area contributed by atoms with Gasteiger partial charge in [0.25, 0.3) is 0 Å². The van der Waals surface area contributed by atoms with E-state index < -0.39 is 10.0 Å². The van der Waals surface area contributed by atoms with Crippen LogP contribution in [0.15, 0.2) is 29.2 Å². The number of hydrogen-bond donors (Lipinski definition) is 1. The van der Waals surface area contributed by atoms with Crippen LogP contribution in [-0.2, 0) is 14.8 Å². The summed E-state index contributed by atoms with van der Waals surface area (Å²) in [7, 11) is -1.46. The van der Waals surface area contributed by atoms with E-state index in [0.29, 0.717) is 25.2 Å². The number of hydrogen-bond acceptors (Lipinski definition) is 4. The molecule has 1 aliphatic rings. The van der Waals surface area contributed by atoms with Gasteiger partial charge in [0, 0.05) is 38.3 Å². The number of nitrogens with one attached hydrogen (secondary N) is 1. The monoisotopic (exact) mass is 339 g/mol. The van der Waals surface area contributed by atoms with Crippen LogP contribution in [0.2, 0.25) is 0 Å². The van der Waals surface area contributed by atoms with Gasteiger partial charge in [-0.1, -0.05) is 13.3 Å². The van der Waals surface area contributed by atoms with E-state index in [2.05, 4.69) is 10.2 Å². The maximum absolute atomic E-state index is 12.6. The number of anilines is 1. The largest absolute Gasteiger partial charge is 0.326 e. The van der Waals surface area contributed by atoms with E-state index in [9.17, 15) is 13.2 Å². The number of likely N-dealkylation sites (N-methyl/N-ethyl adjacent to an activating group) is 1. The molecule has 0 atom stereocenters. The van der Waals surface area contributed by atoms with Crippen molar-refractivity contribution in [2.45, 2.75) is 31.1 Å². The molecule has 7 heteroatoms. The highest BCUT2D eigenvalue weighted by atomic mass is 32.2. The summed E-state index contributed by atoms with van der Waals surface area (Å²) in [5.74, 6) is -0.0403. The minimum absolute atomic E-state index is 0.0403. The van der Waals surface area contributed by atoms with Gasteiger partial charge in [-0.3, -0.25) is 4.79 Å². The van der Waals surface area contributed by atoms with Gasteiger partial charge < -0.3 is 10.2 Å². The van der Waals surface area contributed by atoms with E-state index in [1.807, 2.05) is 14.0 Å². The molecular weight excluding hydrogens is 314 g/mol. The molecule has 1 aliphatic heterocycles. The summed E-state index contributed by atoms with van der Waals surface area (Å²) in [4.78, 5) is 14.1. The molecule has 0 spiro atoms. The number of sulfonamides is 1. The Morgan fingerprint density at radius 1 is 1.13 bits per heavy atom. The Morgan fingerprint density at radius 3 is 2.30 bits per heavy atom. The van der Waals surface area contributed by atoms with E-state index >= 15 is 0 Å². The van der Waals surface area contributed by atoms with Gasteiger partial charge in [0.15, 0.2) is 0 Å². The molecule has 1 aromatic rings. The fourth-order valence-corrected chi connectivity index (χ4v) is 3.87. The average molecular weight is 339 g/mol. The van der Waals surface area contributed by atoms with Crippen molar-refractivity contribution >= 4 is 21.6 Å². The van der Waals surface area contributed by atoms with Gasteiger partial charge in [0.1, 0.15) is 0 Å².